The van der Waals surface area contributed by atoms with Gasteiger partial charge in [-0.2, -0.15) is 4.98 Å². The summed E-state index contributed by atoms with van der Waals surface area (Å²) >= 11 is 0. The molecule has 0 aliphatic heterocycles. The van der Waals surface area contributed by atoms with Gasteiger partial charge < -0.3 is 10.6 Å². The summed E-state index contributed by atoms with van der Waals surface area (Å²) in [6, 6.07) is 2.34. The van der Waals surface area contributed by atoms with E-state index in [1.807, 2.05) is 13.1 Å². The highest BCUT2D eigenvalue weighted by molar-refractivity contribution is 5.39. The molecule has 0 spiro atoms. The zero-order chi connectivity index (χ0) is 12.0. The maximum Gasteiger partial charge on any atom is 0.224 e. The van der Waals surface area contributed by atoms with E-state index in [-0.39, 0.29) is 0 Å². The average molecular weight is 222 g/mol. The highest BCUT2D eigenvalue weighted by Crippen LogP contribution is 2.11. The molecule has 2 N–H and O–H groups in total. The molecule has 16 heavy (non-hydrogen) atoms. The molecule has 1 atom stereocenters. The van der Waals surface area contributed by atoms with E-state index in [0.29, 0.717) is 12.0 Å². The lowest BCUT2D eigenvalue weighted by Crippen LogP contribution is -2.17. The first-order valence-electron chi connectivity index (χ1n) is 5.89. The van der Waals surface area contributed by atoms with Gasteiger partial charge in [0.05, 0.1) is 0 Å². The van der Waals surface area contributed by atoms with Gasteiger partial charge in [0.25, 0.3) is 0 Å². The molecular formula is C12H22N4. The second-order valence-corrected chi connectivity index (χ2v) is 4.53. The molecule has 1 unspecified atom stereocenters. The number of rotatable bonds is 6. The second-order valence-electron chi connectivity index (χ2n) is 4.53. The first kappa shape index (κ1) is 12.7. The van der Waals surface area contributed by atoms with Crippen LogP contribution in [0.1, 0.15) is 33.6 Å². The van der Waals surface area contributed by atoms with Crippen LogP contribution in [-0.2, 0) is 0 Å². The lowest BCUT2D eigenvalue weighted by atomic mass is 10.0. The predicted octanol–water partition coefficient (Wildman–Crippen LogP) is 2.75. The number of hydrogen-bond donors (Lipinski definition) is 2. The van der Waals surface area contributed by atoms with Crippen molar-refractivity contribution in [3.05, 3.63) is 12.3 Å². The number of hydrogen-bond acceptors (Lipinski definition) is 4. The largest absolute Gasteiger partial charge is 0.367 e. The monoisotopic (exact) mass is 222 g/mol. The molecule has 0 aliphatic rings. The molecule has 0 aliphatic carbocycles. The Morgan fingerprint density at radius 3 is 2.62 bits per heavy atom. The van der Waals surface area contributed by atoms with Gasteiger partial charge in [0.15, 0.2) is 0 Å². The van der Waals surface area contributed by atoms with Crippen molar-refractivity contribution in [1.29, 1.82) is 0 Å². The second kappa shape index (κ2) is 6.30. The molecule has 1 aromatic rings. The molecule has 4 heteroatoms. The van der Waals surface area contributed by atoms with Crippen LogP contribution < -0.4 is 10.6 Å². The van der Waals surface area contributed by atoms with Gasteiger partial charge in [-0.05, 0) is 31.7 Å². The summed E-state index contributed by atoms with van der Waals surface area (Å²) in [4.78, 5) is 8.40. The van der Waals surface area contributed by atoms with Crippen LogP contribution >= 0.6 is 0 Å². The Morgan fingerprint density at radius 2 is 2.00 bits per heavy atom. The van der Waals surface area contributed by atoms with Gasteiger partial charge in [-0.25, -0.2) is 4.98 Å². The number of nitrogens with one attached hydrogen (secondary N) is 2. The summed E-state index contributed by atoms with van der Waals surface area (Å²) in [5.74, 6) is 2.29. The summed E-state index contributed by atoms with van der Waals surface area (Å²) in [5.41, 5.74) is 0. The molecule has 0 amide bonds. The fraction of sp³-hybridized carbons (Fsp3) is 0.667. The van der Waals surface area contributed by atoms with Crippen molar-refractivity contribution < 1.29 is 0 Å². The third-order valence-electron chi connectivity index (χ3n) is 2.45. The minimum absolute atomic E-state index is 0.446. The third kappa shape index (κ3) is 4.47. The van der Waals surface area contributed by atoms with Crippen LogP contribution in [0.4, 0.5) is 11.8 Å². The molecule has 0 saturated heterocycles. The first-order chi connectivity index (χ1) is 7.61. The average Bonchev–Trinajstić information content (AvgIpc) is 2.26. The topological polar surface area (TPSA) is 49.8 Å². The van der Waals surface area contributed by atoms with Crippen molar-refractivity contribution in [1.82, 2.24) is 9.97 Å². The molecule has 0 saturated carbocycles. The molecule has 1 heterocycles. The van der Waals surface area contributed by atoms with Gasteiger partial charge >= 0.3 is 0 Å². The Kier molecular flexibility index (Phi) is 5.02. The van der Waals surface area contributed by atoms with E-state index in [2.05, 4.69) is 41.4 Å². The Morgan fingerprint density at radius 1 is 1.25 bits per heavy atom. The molecule has 4 nitrogen and oxygen atoms in total. The van der Waals surface area contributed by atoms with E-state index < -0.39 is 0 Å². The number of anilines is 2. The molecule has 1 aromatic heterocycles. The lowest BCUT2D eigenvalue weighted by molar-refractivity contribution is 0.527. The van der Waals surface area contributed by atoms with Crippen LogP contribution in [0, 0.1) is 5.92 Å². The lowest BCUT2D eigenvalue weighted by Gasteiger charge is -2.15. The van der Waals surface area contributed by atoms with Crippen LogP contribution in [0.15, 0.2) is 12.3 Å². The highest BCUT2D eigenvalue weighted by atomic mass is 15.1. The molecule has 0 radical (unpaired) electrons. The molecular weight excluding hydrogens is 200 g/mol. The minimum atomic E-state index is 0.446. The van der Waals surface area contributed by atoms with Crippen LogP contribution in [0.2, 0.25) is 0 Å². The summed E-state index contributed by atoms with van der Waals surface area (Å²) in [7, 11) is 1.82. The van der Waals surface area contributed by atoms with Gasteiger partial charge in [-0.15, -0.1) is 0 Å². The fourth-order valence-corrected chi connectivity index (χ4v) is 1.47. The SMILES string of the molecule is CNc1nccc(NC(C)CCC(C)C)n1. The number of aromatic nitrogens is 2. The normalized spacial score (nSPS) is 12.6. The van der Waals surface area contributed by atoms with Gasteiger partial charge in [0.2, 0.25) is 5.95 Å². The standard InChI is InChI=1S/C12H22N4/c1-9(2)5-6-10(3)15-11-7-8-14-12(13-4)16-11/h7-10H,5-6H2,1-4H3,(H2,13,14,15,16). The Bertz CT molecular complexity index is 312. The van der Waals surface area contributed by atoms with E-state index in [4.69, 9.17) is 0 Å². The van der Waals surface area contributed by atoms with E-state index in [1.165, 1.54) is 6.42 Å². The Hall–Kier alpha value is -1.32. The van der Waals surface area contributed by atoms with Crippen molar-refractivity contribution in [2.24, 2.45) is 5.92 Å². The van der Waals surface area contributed by atoms with Crippen molar-refractivity contribution in [3.63, 3.8) is 0 Å². The van der Waals surface area contributed by atoms with Crippen LogP contribution in [0.3, 0.4) is 0 Å². The van der Waals surface area contributed by atoms with Crippen LogP contribution in [0.5, 0.6) is 0 Å². The minimum Gasteiger partial charge on any atom is -0.367 e. The Labute approximate surface area is 97.9 Å². The zero-order valence-electron chi connectivity index (χ0n) is 10.6. The van der Waals surface area contributed by atoms with Crippen molar-refractivity contribution in [2.45, 2.75) is 39.7 Å². The van der Waals surface area contributed by atoms with Crippen LogP contribution in [-0.4, -0.2) is 23.1 Å². The Balaban J connectivity index is 2.45. The van der Waals surface area contributed by atoms with Crippen molar-refractivity contribution >= 4 is 11.8 Å². The number of nitrogens with zero attached hydrogens (tertiary/aromatic N) is 2. The van der Waals surface area contributed by atoms with E-state index >= 15 is 0 Å². The van der Waals surface area contributed by atoms with Gasteiger partial charge in [-0.3, -0.25) is 0 Å². The quantitative estimate of drug-likeness (QED) is 0.777. The fourth-order valence-electron chi connectivity index (χ4n) is 1.47. The molecule has 0 aromatic carbocycles. The predicted molar refractivity (Wildman–Crippen MR) is 68.7 cm³/mol. The van der Waals surface area contributed by atoms with Crippen molar-refractivity contribution in [2.75, 3.05) is 17.7 Å². The first-order valence-corrected chi connectivity index (χ1v) is 5.89. The van der Waals surface area contributed by atoms with Gasteiger partial charge in [-0.1, -0.05) is 13.8 Å². The van der Waals surface area contributed by atoms with Crippen molar-refractivity contribution in [3.8, 4) is 0 Å². The smallest absolute Gasteiger partial charge is 0.224 e. The van der Waals surface area contributed by atoms with Crippen LogP contribution in [0.25, 0.3) is 0 Å². The summed E-state index contributed by atoms with van der Waals surface area (Å²) in [6.45, 7) is 6.68. The van der Waals surface area contributed by atoms with E-state index in [0.717, 1.165) is 18.2 Å². The molecule has 1 rings (SSSR count). The van der Waals surface area contributed by atoms with E-state index in [9.17, 15) is 0 Å². The summed E-state index contributed by atoms with van der Waals surface area (Å²) in [5, 5.41) is 6.31. The summed E-state index contributed by atoms with van der Waals surface area (Å²) in [6.07, 6.45) is 4.16. The summed E-state index contributed by atoms with van der Waals surface area (Å²) < 4.78 is 0. The maximum absolute atomic E-state index is 4.32. The van der Waals surface area contributed by atoms with E-state index in [1.54, 1.807) is 6.20 Å². The highest BCUT2D eigenvalue weighted by Gasteiger charge is 2.05. The molecule has 90 valence electrons. The molecule has 0 fully saturated rings. The molecule has 0 bridgehead atoms. The maximum atomic E-state index is 4.32. The van der Waals surface area contributed by atoms with Gasteiger partial charge in [0.1, 0.15) is 5.82 Å². The zero-order valence-corrected chi connectivity index (χ0v) is 10.6. The third-order valence-corrected chi connectivity index (χ3v) is 2.45. The van der Waals surface area contributed by atoms with Gasteiger partial charge in [0, 0.05) is 19.3 Å².